The molecule has 0 aliphatic heterocycles. The standard InChI is InChI=1S/C74H152N6O4S4/c1-7-11-15-19-23-27-31-35-39-43-65-85-69-59-79(60-70-86-66-44-40-36-32-28-24-20-16-12-8-2)53-51-75(5)73(83)47-49-77(57-63-81)55-56-78(58-64-82)50-48-74(84)76(6)52-54-80(61-71-87-67-45-41-37-33-29-25-21-17-13-9-3)62-72-88-68-46-42-38-34-30-26-22-18-14-10-4/h81-82H,7-72H2,1-6H3. The highest BCUT2D eigenvalue weighted by Crippen LogP contribution is 2.18. The molecule has 88 heavy (non-hydrogen) atoms. The van der Waals surface area contributed by atoms with Gasteiger partial charge in [0.25, 0.3) is 0 Å². The summed E-state index contributed by atoms with van der Waals surface area (Å²) in [7, 11) is 3.93. The Hall–Kier alpha value is 0.1000. The SMILES string of the molecule is CCCCCCCCCCCCSCCN(CCSCCCCCCCCCCCC)CCN(C)C(=O)CCN(CCO)CCN(CCO)CCC(=O)N(C)CCN(CCSCCCCCCCCCCCC)CCSCCCCCCCCCCCC. The molecule has 526 valence electrons. The summed E-state index contributed by atoms with van der Waals surface area (Å²) in [5, 5.41) is 20.1. The van der Waals surface area contributed by atoms with E-state index in [-0.39, 0.29) is 25.0 Å². The Balaban J connectivity index is 5.08. The second kappa shape index (κ2) is 72.9. The molecule has 0 aliphatic carbocycles. The zero-order valence-electron chi connectivity index (χ0n) is 59.7. The summed E-state index contributed by atoms with van der Waals surface area (Å²) in [6, 6.07) is 0. The second-order valence-corrected chi connectivity index (χ2v) is 31.0. The molecular formula is C74H152N6O4S4. The number of thioether (sulfide) groups is 4. The molecule has 0 rings (SSSR count). The maximum absolute atomic E-state index is 13.6. The summed E-state index contributed by atoms with van der Waals surface area (Å²) in [6.07, 6.45) is 56.2. The topological polar surface area (TPSA) is 94.0 Å². The first-order valence-electron chi connectivity index (χ1n) is 38.2. The van der Waals surface area contributed by atoms with Crippen LogP contribution in [0.5, 0.6) is 0 Å². The Labute approximate surface area is 566 Å². The minimum absolute atomic E-state index is 0.0315. The molecule has 0 heterocycles. The van der Waals surface area contributed by atoms with Gasteiger partial charge in [0, 0.05) is 142 Å². The summed E-state index contributed by atoms with van der Waals surface area (Å²) in [5.74, 6) is 9.95. The largest absolute Gasteiger partial charge is 0.395 e. The van der Waals surface area contributed by atoms with Gasteiger partial charge in [-0.05, 0) is 48.7 Å². The third-order valence-corrected chi connectivity index (χ3v) is 22.2. The molecule has 0 atom stereocenters. The number of aliphatic hydroxyl groups excluding tert-OH is 2. The van der Waals surface area contributed by atoms with E-state index in [1.165, 1.54) is 280 Å². The molecular weight excluding hydrogens is 1170 g/mol. The van der Waals surface area contributed by atoms with Gasteiger partial charge in [-0.2, -0.15) is 47.0 Å². The summed E-state index contributed by atoms with van der Waals surface area (Å²) in [4.78, 5) is 40.7. The number of hydrogen-bond donors (Lipinski definition) is 2. The van der Waals surface area contributed by atoms with Gasteiger partial charge >= 0.3 is 0 Å². The molecule has 0 spiro atoms. The lowest BCUT2D eigenvalue weighted by Crippen LogP contribution is -2.42. The third-order valence-electron chi connectivity index (χ3n) is 18.0. The fourth-order valence-electron chi connectivity index (χ4n) is 11.6. The van der Waals surface area contributed by atoms with Crippen LogP contribution >= 0.6 is 47.0 Å². The van der Waals surface area contributed by atoms with Crippen LogP contribution in [0, 0.1) is 0 Å². The van der Waals surface area contributed by atoms with Crippen LogP contribution < -0.4 is 0 Å². The summed E-state index contributed by atoms with van der Waals surface area (Å²) >= 11 is 8.46. The van der Waals surface area contributed by atoms with Crippen LogP contribution in [0.4, 0.5) is 0 Å². The van der Waals surface area contributed by atoms with Crippen LogP contribution in [-0.4, -0.2) is 216 Å². The second-order valence-electron chi connectivity index (χ2n) is 26.1. The van der Waals surface area contributed by atoms with Gasteiger partial charge in [0.2, 0.25) is 11.8 Å². The van der Waals surface area contributed by atoms with E-state index in [0.717, 1.165) is 75.4 Å². The van der Waals surface area contributed by atoms with Crippen LogP contribution in [-0.2, 0) is 9.59 Å². The van der Waals surface area contributed by atoms with Crippen molar-refractivity contribution in [1.82, 2.24) is 29.4 Å². The van der Waals surface area contributed by atoms with Crippen LogP contribution in [0.15, 0.2) is 0 Å². The molecule has 0 aromatic rings. The highest BCUT2D eigenvalue weighted by Gasteiger charge is 2.18. The summed E-state index contributed by atoms with van der Waals surface area (Å²) < 4.78 is 0. The molecule has 2 N–H and O–H groups in total. The summed E-state index contributed by atoms with van der Waals surface area (Å²) in [6.45, 7) is 20.3. The molecule has 0 fully saturated rings. The number of nitrogens with zero attached hydrogens (tertiary/aromatic N) is 6. The predicted octanol–water partition coefficient (Wildman–Crippen LogP) is 18.5. The molecule has 0 saturated heterocycles. The number of amides is 2. The third kappa shape index (κ3) is 63.5. The molecule has 0 bridgehead atoms. The number of likely N-dealkylation sites (N-methyl/N-ethyl adjacent to an activating group) is 2. The molecule has 14 heteroatoms. The molecule has 10 nitrogen and oxygen atoms in total. The van der Waals surface area contributed by atoms with Crippen molar-refractivity contribution in [3.63, 3.8) is 0 Å². The van der Waals surface area contributed by atoms with E-state index in [4.69, 9.17) is 0 Å². The first kappa shape index (κ1) is 88.1. The van der Waals surface area contributed by atoms with Crippen molar-refractivity contribution in [3.8, 4) is 0 Å². The van der Waals surface area contributed by atoms with Crippen molar-refractivity contribution in [2.45, 2.75) is 297 Å². The van der Waals surface area contributed by atoms with Crippen molar-refractivity contribution in [3.05, 3.63) is 0 Å². The Morgan fingerprint density at radius 2 is 0.432 bits per heavy atom. The van der Waals surface area contributed by atoms with Crippen LogP contribution in [0.2, 0.25) is 0 Å². The van der Waals surface area contributed by atoms with E-state index < -0.39 is 0 Å². The van der Waals surface area contributed by atoms with E-state index in [9.17, 15) is 19.8 Å². The Bertz CT molecular complexity index is 1240. The molecule has 0 unspecified atom stereocenters. The van der Waals surface area contributed by atoms with Crippen molar-refractivity contribution in [2.24, 2.45) is 0 Å². The van der Waals surface area contributed by atoms with E-state index >= 15 is 0 Å². The van der Waals surface area contributed by atoms with E-state index in [2.05, 4.69) is 94.3 Å². The van der Waals surface area contributed by atoms with Crippen molar-refractivity contribution < 1.29 is 19.8 Å². The van der Waals surface area contributed by atoms with Crippen LogP contribution in [0.1, 0.15) is 297 Å². The summed E-state index contributed by atoms with van der Waals surface area (Å²) in [5.41, 5.74) is 0. The lowest BCUT2D eigenvalue weighted by molar-refractivity contribution is -0.131. The smallest absolute Gasteiger partial charge is 0.223 e. The fourth-order valence-corrected chi connectivity index (χ4v) is 15.6. The highest BCUT2D eigenvalue weighted by molar-refractivity contribution is 7.99. The number of carbonyl (C=O) groups excluding carboxylic acids is 2. The van der Waals surface area contributed by atoms with Crippen molar-refractivity contribution >= 4 is 58.9 Å². The van der Waals surface area contributed by atoms with Crippen LogP contribution in [0.3, 0.4) is 0 Å². The van der Waals surface area contributed by atoms with Gasteiger partial charge in [-0.25, -0.2) is 0 Å². The maximum atomic E-state index is 13.6. The van der Waals surface area contributed by atoms with Gasteiger partial charge in [0.1, 0.15) is 0 Å². The number of aliphatic hydroxyl groups is 2. The molecule has 0 aliphatic rings. The maximum Gasteiger partial charge on any atom is 0.223 e. The van der Waals surface area contributed by atoms with Gasteiger partial charge in [-0.15, -0.1) is 0 Å². The normalized spacial score (nSPS) is 11.9. The van der Waals surface area contributed by atoms with E-state index in [0.29, 0.717) is 52.1 Å². The van der Waals surface area contributed by atoms with Crippen molar-refractivity contribution in [2.75, 3.05) is 165 Å². The zero-order chi connectivity index (χ0) is 64.1. The molecule has 0 aromatic heterocycles. The van der Waals surface area contributed by atoms with E-state index in [1.54, 1.807) is 0 Å². The lowest BCUT2D eigenvalue weighted by atomic mass is 10.1. The number of carbonyl (C=O) groups is 2. The average Bonchev–Trinajstić information content (AvgIpc) is 3.63. The van der Waals surface area contributed by atoms with Gasteiger partial charge in [-0.3, -0.25) is 29.2 Å². The predicted molar refractivity (Wildman–Crippen MR) is 401 cm³/mol. The van der Waals surface area contributed by atoms with Gasteiger partial charge < -0.3 is 20.0 Å². The molecule has 0 saturated carbocycles. The van der Waals surface area contributed by atoms with Crippen LogP contribution in [0.25, 0.3) is 0 Å². The number of unbranched alkanes of at least 4 members (excludes halogenated alkanes) is 36. The highest BCUT2D eigenvalue weighted by atomic mass is 32.2. The molecule has 0 aromatic carbocycles. The average molecular weight is 1320 g/mol. The van der Waals surface area contributed by atoms with Crippen molar-refractivity contribution in [1.29, 1.82) is 0 Å². The lowest BCUT2D eigenvalue weighted by Gasteiger charge is -2.29. The molecule has 0 radical (unpaired) electrons. The minimum Gasteiger partial charge on any atom is -0.395 e. The first-order valence-corrected chi connectivity index (χ1v) is 42.8. The number of rotatable bonds is 75. The first-order chi connectivity index (χ1) is 43.3. The quantitative estimate of drug-likeness (QED) is 0.0568. The minimum atomic E-state index is 0.0315. The number of hydrogen-bond acceptors (Lipinski definition) is 12. The molecule has 2 amide bonds. The Morgan fingerprint density at radius 3 is 0.648 bits per heavy atom. The Morgan fingerprint density at radius 1 is 0.239 bits per heavy atom. The van der Waals surface area contributed by atoms with Gasteiger partial charge in [0.05, 0.1) is 13.2 Å². The zero-order valence-corrected chi connectivity index (χ0v) is 63.0. The van der Waals surface area contributed by atoms with Gasteiger partial charge in [-0.1, -0.05) is 259 Å². The Kier molecular flexibility index (Phi) is 73.0. The van der Waals surface area contributed by atoms with E-state index in [1.807, 2.05) is 23.9 Å². The monoisotopic (exact) mass is 1320 g/mol. The fraction of sp³-hybridized carbons (Fsp3) is 0.973. The van der Waals surface area contributed by atoms with Gasteiger partial charge in [0.15, 0.2) is 0 Å².